The Morgan fingerprint density at radius 2 is 1.93 bits per heavy atom. The average Bonchev–Trinajstić information content (AvgIpc) is 3.11. The number of nitrogens with zero attached hydrogens (tertiary/aromatic N) is 5. The zero-order valence-corrected chi connectivity index (χ0v) is 16.6. The van der Waals surface area contributed by atoms with E-state index >= 15 is 0 Å². The van der Waals surface area contributed by atoms with Crippen LogP contribution < -0.4 is 0 Å². The topological polar surface area (TPSA) is 63.4 Å². The van der Waals surface area contributed by atoms with Gasteiger partial charge < -0.3 is 4.90 Å². The van der Waals surface area contributed by atoms with Gasteiger partial charge in [-0.25, -0.2) is 22.7 Å². The number of amides is 1. The normalized spacial score (nSPS) is 19.0. The van der Waals surface area contributed by atoms with E-state index in [0.717, 1.165) is 17.0 Å². The second-order valence-electron chi connectivity index (χ2n) is 6.99. The summed E-state index contributed by atoms with van der Waals surface area (Å²) in [6.45, 7) is 0.976. The van der Waals surface area contributed by atoms with Crippen LogP contribution in [-0.2, 0) is 0 Å². The molecule has 1 aromatic carbocycles. The van der Waals surface area contributed by atoms with E-state index in [0.29, 0.717) is 17.2 Å². The maximum Gasteiger partial charge on any atom is 0.266 e. The molecular weight excluding hydrogens is 430 g/mol. The first-order valence-corrected chi connectivity index (χ1v) is 9.39. The monoisotopic (exact) mass is 443 g/mol. The molecule has 6 nitrogen and oxygen atoms in total. The second-order valence-corrected chi connectivity index (χ2v) is 7.81. The van der Waals surface area contributed by atoms with Gasteiger partial charge in [0.25, 0.3) is 17.6 Å². The van der Waals surface area contributed by atoms with E-state index in [1.165, 1.54) is 10.8 Å². The Balaban J connectivity index is 1.71. The molecule has 0 N–H and O–H groups in total. The molecule has 2 aromatic heterocycles. The van der Waals surface area contributed by atoms with Crippen LogP contribution in [0.5, 0.6) is 0 Å². The van der Waals surface area contributed by atoms with Crippen LogP contribution in [0, 0.1) is 12.7 Å². The first-order valence-electron chi connectivity index (χ1n) is 8.63. The number of hydrogen-bond acceptors (Lipinski definition) is 4. The SMILES string of the molecule is Cc1cc(C2CN(C(=O)c3cc(Cl)c(F)c(Cl)c3)CC(F)(F)C2)n2ncnc2n1. The van der Waals surface area contributed by atoms with Crippen molar-refractivity contribution in [2.75, 3.05) is 13.1 Å². The minimum absolute atomic E-state index is 0.0133. The van der Waals surface area contributed by atoms with Crippen molar-refractivity contribution < 1.29 is 18.0 Å². The van der Waals surface area contributed by atoms with E-state index in [1.54, 1.807) is 13.0 Å². The maximum absolute atomic E-state index is 14.5. The number of hydrogen-bond donors (Lipinski definition) is 0. The van der Waals surface area contributed by atoms with Crippen LogP contribution in [-0.4, -0.2) is 49.4 Å². The zero-order chi connectivity index (χ0) is 20.9. The Labute approximate surface area is 173 Å². The van der Waals surface area contributed by atoms with Gasteiger partial charge >= 0.3 is 0 Å². The summed E-state index contributed by atoms with van der Waals surface area (Å²) < 4.78 is 44.1. The van der Waals surface area contributed by atoms with Crippen molar-refractivity contribution in [3.05, 3.63) is 57.3 Å². The molecule has 1 aliphatic heterocycles. The van der Waals surface area contributed by atoms with Gasteiger partial charge in [0.05, 0.1) is 22.3 Å². The molecule has 0 aliphatic carbocycles. The first kappa shape index (κ1) is 19.9. The van der Waals surface area contributed by atoms with Gasteiger partial charge in [0, 0.05) is 30.1 Å². The highest BCUT2D eigenvalue weighted by atomic mass is 35.5. The summed E-state index contributed by atoms with van der Waals surface area (Å²) in [6.07, 6.45) is 0.831. The average molecular weight is 444 g/mol. The standard InChI is InChI=1S/C18H14Cl2F3N5O/c1-9-2-14(28-17(26-9)24-8-25-28)11-5-18(22,23)7-27(6-11)16(29)10-3-12(19)15(21)13(20)4-10/h2-4,8,11H,5-7H2,1H3. The predicted octanol–water partition coefficient (Wildman–Crippen LogP) is 4.14. The molecule has 29 heavy (non-hydrogen) atoms. The number of carbonyl (C=O) groups is 1. The lowest BCUT2D eigenvalue weighted by Crippen LogP contribution is -2.49. The lowest BCUT2D eigenvalue weighted by atomic mass is 9.91. The third kappa shape index (κ3) is 3.76. The number of aromatic nitrogens is 4. The Morgan fingerprint density at radius 3 is 2.62 bits per heavy atom. The lowest BCUT2D eigenvalue weighted by Gasteiger charge is -2.37. The molecule has 0 saturated carbocycles. The maximum atomic E-state index is 14.5. The Morgan fingerprint density at radius 1 is 1.24 bits per heavy atom. The molecule has 3 aromatic rings. The number of fused-ring (bicyclic) bond motifs is 1. The van der Waals surface area contributed by atoms with E-state index in [9.17, 15) is 18.0 Å². The van der Waals surface area contributed by atoms with Crippen molar-refractivity contribution in [1.82, 2.24) is 24.5 Å². The van der Waals surface area contributed by atoms with Gasteiger partial charge in [-0.2, -0.15) is 10.1 Å². The van der Waals surface area contributed by atoms with E-state index in [2.05, 4.69) is 15.1 Å². The molecule has 1 atom stereocenters. The molecule has 0 bridgehead atoms. The number of aryl methyl sites for hydroxylation is 1. The smallest absolute Gasteiger partial charge is 0.266 e. The van der Waals surface area contributed by atoms with Crippen LogP contribution in [0.1, 0.15) is 34.1 Å². The van der Waals surface area contributed by atoms with Gasteiger partial charge in [0.1, 0.15) is 6.33 Å². The van der Waals surface area contributed by atoms with Crippen LogP contribution in [0.15, 0.2) is 24.5 Å². The molecule has 1 saturated heterocycles. The number of benzene rings is 1. The number of alkyl halides is 2. The number of halogens is 5. The van der Waals surface area contributed by atoms with Crippen molar-refractivity contribution >= 4 is 34.9 Å². The van der Waals surface area contributed by atoms with Gasteiger partial charge in [-0.05, 0) is 25.1 Å². The van der Waals surface area contributed by atoms with E-state index in [4.69, 9.17) is 23.2 Å². The molecule has 1 fully saturated rings. The number of carbonyl (C=O) groups excluding carboxylic acids is 1. The molecular formula is C18H14Cl2F3N5O. The van der Waals surface area contributed by atoms with Crippen molar-refractivity contribution in [2.24, 2.45) is 0 Å². The van der Waals surface area contributed by atoms with Crippen LogP contribution in [0.2, 0.25) is 10.0 Å². The summed E-state index contributed by atoms with van der Waals surface area (Å²) in [5, 5.41) is 3.36. The Hall–Kier alpha value is -2.39. The van der Waals surface area contributed by atoms with Gasteiger partial charge in [-0.1, -0.05) is 23.2 Å². The third-order valence-electron chi connectivity index (χ3n) is 4.75. The molecule has 1 amide bonds. The summed E-state index contributed by atoms with van der Waals surface area (Å²) >= 11 is 11.5. The first-order chi connectivity index (χ1) is 13.6. The van der Waals surface area contributed by atoms with E-state index in [1.807, 2.05) is 0 Å². The summed E-state index contributed by atoms with van der Waals surface area (Å²) in [5.41, 5.74) is 1.02. The highest BCUT2D eigenvalue weighted by molar-refractivity contribution is 6.35. The molecule has 0 radical (unpaired) electrons. The number of likely N-dealkylation sites (tertiary alicyclic amines) is 1. The fourth-order valence-corrected chi connectivity index (χ4v) is 4.05. The molecule has 152 valence electrons. The van der Waals surface area contributed by atoms with Gasteiger partial charge in [-0.3, -0.25) is 4.79 Å². The summed E-state index contributed by atoms with van der Waals surface area (Å²) in [5.74, 6) is -5.12. The summed E-state index contributed by atoms with van der Waals surface area (Å²) in [4.78, 5) is 22.1. The predicted molar refractivity (Wildman–Crippen MR) is 100 cm³/mol. The Bertz CT molecular complexity index is 1100. The van der Waals surface area contributed by atoms with Crippen molar-refractivity contribution in [1.29, 1.82) is 0 Å². The highest BCUT2D eigenvalue weighted by Crippen LogP contribution is 2.37. The minimum Gasteiger partial charge on any atom is -0.332 e. The van der Waals surface area contributed by atoms with Gasteiger partial charge in [0.2, 0.25) is 0 Å². The van der Waals surface area contributed by atoms with Gasteiger partial charge in [0.15, 0.2) is 5.82 Å². The van der Waals surface area contributed by atoms with E-state index in [-0.39, 0.29) is 22.2 Å². The quantitative estimate of drug-likeness (QED) is 0.558. The van der Waals surface area contributed by atoms with Crippen LogP contribution in [0.3, 0.4) is 0 Å². The number of piperidine rings is 1. The molecule has 11 heteroatoms. The number of rotatable bonds is 2. The fraction of sp³-hybridized carbons (Fsp3) is 0.333. The highest BCUT2D eigenvalue weighted by Gasteiger charge is 2.43. The lowest BCUT2D eigenvalue weighted by molar-refractivity contribution is -0.0641. The largest absolute Gasteiger partial charge is 0.332 e. The molecule has 3 heterocycles. The Kier molecular flexibility index (Phi) is 4.90. The summed E-state index contributed by atoms with van der Waals surface area (Å²) in [7, 11) is 0. The van der Waals surface area contributed by atoms with Crippen LogP contribution in [0.4, 0.5) is 13.2 Å². The molecule has 1 aliphatic rings. The van der Waals surface area contributed by atoms with Crippen molar-refractivity contribution in [3.63, 3.8) is 0 Å². The molecule has 0 spiro atoms. The summed E-state index contributed by atoms with van der Waals surface area (Å²) in [6, 6.07) is 3.82. The van der Waals surface area contributed by atoms with Crippen LogP contribution >= 0.6 is 23.2 Å². The third-order valence-corrected chi connectivity index (χ3v) is 5.30. The minimum atomic E-state index is -3.13. The zero-order valence-electron chi connectivity index (χ0n) is 15.0. The molecule has 4 rings (SSSR count). The van der Waals surface area contributed by atoms with Gasteiger partial charge in [-0.15, -0.1) is 0 Å². The van der Waals surface area contributed by atoms with Crippen molar-refractivity contribution in [3.8, 4) is 0 Å². The van der Waals surface area contributed by atoms with E-state index < -0.39 is 36.5 Å². The second kappa shape index (κ2) is 7.14. The van der Waals surface area contributed by atoms with Crippen LogP contribution in [0.25, 0.3) is 5.78 Å². The fourth-order valence-electron chi connectivity index (χ4n) is 3.56. The van der Waals surface area contributed by atoms with Crippen molar-refractivity contribution in [2.45, 2.75) is 25.2 Å². The molecule has 1 unspecified atom stereocenters.